The second-order valence-corrected chi connectivity index (χ2v) is 9.16. The lowest BCUT2D eigenvalue weighted by atomic mass is 9.60. The average molecular weight is 481 g/mol. The summed E-state index contributed by atoms with van der Waals surface area (Å²) < 4.78 is 25.9. The first-order valence-electron chi connectivity index (χ1n) is 10.7. The van der Waals surface area contributed by atoms with Crippen molar-refractivity contribution in [3.8, 4) is 11.5 Å². The second-order valence-electron chi connectivity index (χ2n) is 8.76. The van der Waals surface area contributed by atoms with Crippen LogP contribution in [-0.4, -0.2) is 57.1 Å². The third kappa shape index (κ3) is 5.22. The van der Waals surface area contributed by atoms with Crippen LogP contribution in [0.1, 0.15) is 32.1 Å². The third-order valence-corrected chi connectivity index (χ3v) is 6.73. The van der Waals surface area contributed by atoms with Crippen molar-refractivity contribution in [2.24, 2.45) is 7.05 Å². The van der Waals surface area contributed by atoms with Crippen LogP contribution in [0.15, 0.2) is 30.6 Å². The number of aryl methyl sites for hydroxylation is 1. The van der Waals surface area contributed by atoms with Gasteiger partial charge in [0.1, 0.15) is 11.6 Å². The molecule has 0 aliphatic heterocycles. The highest BCUT2D eigenvalue weighted by Gasteiger charge is 2.55. The molecule has 5 rings (SSSR count). The number of carbonyl (C=O) groups excluding carboxylic acids is 2. The molecule has 2 aromatic rings. The van der Waals surface area contributed by atoms with E-state index >= 15 is 0 Å². The molecule has 9 nitrogen and oxygen atoms in total. The number of aliphatic hydroxyl groups excluding tert-OH is 1. The van der Waals surface area contributed by atoms with E-state index in [0.29, 0.717) is 37.9 Å². The van der Waals surface area contributed by atoms with Gasteiger partial charge in [0.05, 0.1) is 29.1 Å². The zero-order chi connectivity index (χ0) is 23.6. The number of aromatic nitrogens is 2. The van der Waals surface area contributed by atoms with Gasteiger partial charge in [-0.2, -0.15) is 5.10 Å². The van der Waals surface area contributed by atoms with Crippen molar-refractivity contribution in [1.82, 2.24) is 20.4 Å². The van der Waals surface area contributed by atoms with E-state index < -0.39 is 23.0 Å². The Kier molecular flexibility index (Phi) is 6.49. The van der Waals surface area contributed by atoms with Crippen molar-refractivity contribution in [2.75, 3.05) is 13.2 Å². The fourth-order valence-corrected chi connectivity index (χ4v) is 4.76. The smallest absolute Gasteiger partial charge is 0.258 e. The molecule has 3 aliphatic carbocycles. The molecule has 3 N–H and O–H groups in total. The molecular formula is C22H26ClFN4O5. The molecule has 1 atom stereocenters. The van der Waals surface area contributed by atoms with Crippen molar-refractivity contribution in [3.63, 3.8) is 0 Å². The minimum atomic E-state index is -0.811. The Morgan fingerprint density at radius 2 is 1.85 bits per heavy atom. The van der Waals surface area contributed by atoms with Crippen LogP contribution in [0.4, 0.5) is 4.39 Å². The quantitative estimate of drug-likeness (QED) is 0.530. The molecule has 0 saturated heterocycles. The normalized spacial score (nSPS) is 26.0. The van der Waals surface area contributed by atoms with Crippen LogP contribution < -0.4 is 20.1 Å². The number of rotatable bonds is 8. The lowest BCUT2D eigenvalue weighted by Gasteiger charge is -2.56. The molecule has 178 valence electrons. The van der Waals surface area contributed by atoms with Crippen molar-refractivity contribution < 1.29 is 28.6 Å². The summed E-state index contributed by atoms with van der Waals surface area (Å²) in [6, 6.07) is 3.96. The number of halogens is 2. The minimum Gasteiger partial charge on any atom is -0.484 e. The van der Waals surface area contributed by atoms with Crippen molar-refractivity contribution in [1.29, 1.82) is 0 Å². The van der Waals surface area contributed by atoms with Gasteiger partial charge >= 0.3 is 0 Å². The first-order valence-corrected chi connectivity index (χ1v) is 11.1. The molecule has 2 amide bonds. The van der Waals surface area contributed by atoms with E-state index in [1.165, 1.54) is 18.3 Å². The molecule has 1 heterocycles. The van der Waals surface area contributed by atoms with E-state index in [9.17, 15) is 19.1 Å². The lowest BCUT2D eigenvalue weighted by molar-refractivity contribution is -0.137. The fraction of sp³-hybridized carbons (Fsp3) is 0.500. The van der Waals surface area contributed by atoms with Crippen LogP contribution in [-0.2, 0) is 16.6 Å². The number of carbonyl (C=O) groups is 2. The highest BCUT2D eigenvalue weighted by atomic mass is 35.5. The molecule has 0 unspecified atom stereocenters. The summed E-state index contributed by atoms with van der Waals surface area (Å²) in [6.07, 6.45) is 4.95. The number of nitrogens with one attached hydrogen (secondary N) is 2. The van der Waals surface area contributed by atoms with Crippen LogP contribution in [0.5, 0.6) is 11.5 Å². The summed E-state index contributed by atoms with van der Waals surface area (Å²) in [6.45, 7) is -0.461. The topological polar surface area (TPSA) is 115 Å². The number of nitrogens with zero attached hydrogens (tertiary/aromatic N) is 2. The predicted octanol–water partition coefficient (Wildman–Crippen LogP) is 1.72. The van der Waals surface area contributed by atoms with Gasteiger partial charge in [-0.25, -0.2) is 4.39 Å². The van der Waals surface area contributed by atoms with Crippen LogP contribution in [0.3, 0.4) is 0 Å². The average Bonchev–Trinajstić information content (AvgIpc) is 3.19. The van der Waals surface area contributed by atoms with Crippen molar-refractivity contribution in [3.05, 3.63) is 41.4 Å². The number of aliphatic hydroxyl groups is 1. The molecule has 0 radical (unpaired) electrons. The number of fused-ring (bicyclic) bond motifs is 3. The molecule has 1 aromatic carbocycles. The van der Waals surface area contributed by atoms with Crippen molar-refractivity contribution >= 4 is 23.4 Å². The Balaban J connectivity index is 1.27. The van der Waals surface area contributed by atoms with Gasteiger partial charge in [-0.15, -0.1) is 0 Å². The Morgan fingerprint density at radius 3 is 2.45 bits per heavy atom. The molecule has 11 heteroatoms. The molecule has 0 spiro atoms. The SMILES string of the molecule is Cn1cc(OCC(=O)NC23CCC(NC(=O)COc4ccc(Cl)c(F)c4)(CC2)C[C@H]3O)cn1. The summed E-state index contributed by atoms with van der Waals surface area (Å²) in [4.78, 5) is 24.9. The second kappa shape index (κ2) is 9.18. The number of benzene rings is 1. The molecule has 1 aromatic heterocycles. The third-order valence-electron chi connectivity index (χ3n) is 6.43. The van der Waals surface area contributed by atoms with Gasteiger partial charge in [0.2, 0.25) is 0 Å². The van der Waals surface area contributed by atoms with E-state index in [0.717, 1.165) is 6.07 Å². The van der Waals surface area contributed by atoms with Crippen LogP contribution in [0, 0.1) is 5.82 Å². The van der Waals surface area contributed by atoms with Gasteiger partial charge in [0.15, 0.2) is 19.0 Å². The van der Waals surface area contributed by atoms with Crippen molar-refractivity contribution in [2.45, 2.75) is 49.3 Å². The molecule has 3 aliphatic rings. The monoisotopic (exact) mass is 480 g/mol. The summed E-state index contributed by atoms with van der Waals surface area (Å²) in [5, 5.41) is 20.7. The Morgan fingerprint density at radius 1 is 1.18 bits per heavy atom. The maximum Gasteiger partial charge on any atom is 0.258 e. The first-order chi connectivity index (χ1) is 15.7. The summed E-state index contributed by atoms with van der Waals surface area (Å²) >= 11 is 5.65. The zero-order valence-electron chi connectivity index (χ0n) is 18.1. The van der Waals surface area contributed by atoms with Gasteiger partial charge in [0.25, 0.3) is 11.8 Å². The van der Waals surface area contributed by atoms with Gasteiger partial charge < -0.3 is 25.2 Å². The lowest BCUT2D eigenvalue weighted by Crippen LogP contribution is -2.70. The highest BCUT2D eigenvalue weighted by molar-refractivity contribution is 6.30. The molecule has 3 saturated carbocycles. The van der Waals surface area contributed by atoms with Gasteiger partial charge in [-0.1, -0.05) is 11.6 Å². The zero-order valence-corrected chi connectivity index (χ0v) is 18.9. The van der Waals surface area contributed by atoms with Gasteiger partial charge in [0, 0.05) is 18.7 Å². The largest absolute Gasteiger partial charge is 0.484 e. The fourth-order valence-electron chi connectivity index (χ4n) is 4.65. The van der Waals surface area contributed by atoms with E-state index in [1.54, 1.807) is 17.9 Å². The molecule has 33 heavy (non-hydrogen) atoms. The Labute approximate surface area is 195 Å². The Bertz CT molecular complexity index is 1040. The molecule has 3 fully saturated rings. The van der Waals surface area contributed by atoms with Gasteiger partial charge in [-0.3, -0.25) is 14.3 Å². The van der Waals surface area contributed by atoms with E-state index in [4.69, 9.17) is 21.1 Å². The summed E-state index contributed by atoms with van der Waals surface area (Å²) in [5.41, 5.74) is -1.30. The van der Waals surface area contributed by atoms with Crippen LogP contribution >= 0.6 is 11.6 Å². The number of ether oxygens (including phenoxy) is 2. The number of hydrogen-bond acceptors (Lipinski definition) is 6. The molecular weight excluding hydrogens is 455 g/mol. The number of hydrogen-bond donors (Lipinski definition) is 3. The predicted molar refractivity (Wildman–Crippen MR) is 116 cm³/mol. The number of amides is 2. The van der Waals surface area contributed by atoms with Crippen LogP contribution in [0.2, 0.25) is 5.02 Å². The van der Waals surface area contributed by atoms with Gasteiger partial charge in [-0.05, 0) is 44.2 Å². The van der Waals surface area contributed by atoms with E-state index in [1.807, 2.05) is 0 Å². The minimum absolute atomic E-state index is 0.0247. The summed E-state index contributed by atoms with van der Waals surface area (Å²) in [5.74, 6) is -0.615. The maximum atomic E-state index is 13.5. The van der Waals surface area contributed by atoms with E-state index in [2.05, 4.69) is 15.7 Å². The van der Waals surface area contributed by atoms with Crippen LogP contribution in [0.25, 0.3) is 0 Å². The Hall–Kier alpha value is -2.85. The standard InChI is InChI=1S/C22H26ClFN4O5/c1-28-11-15(10-25-28)33-13-20(31)27-22-6-4-21(5-7-22,9-18(22)29)26-19(30)12-32-14-2-3-16(23)17(24)8-14/h2-3,8,10-11,18,29H,4-7,9,12-13H2,1H3,(H,26,30)(H,27,31)/t18-,21?,22?/m1/s1. The summed E-state index contributed by atoms with van der Waals surface area (Å²) in [7, 11) is 1.75. The highest BCUT2D eigenvalue weighted by Crippen LogP contribution is 2.47. The first kappa shape index (κ1) is 23.3. The maximum absolute atomic E-state index is 13.5. The van der Waals surface area contributed by atoms with E-state index in [-0.39, 0.29) is 35.8 Å². The molecule has 2 bridgehead atoms.